The maximum atomic E-state index is 12.0. The molecule has 5 rings (SSSR count). The van der Waals surface area contributed by atoms with Crippen molar-refractivity contribution in [3.63, 3.8) is 0 Å². The summed E-state index contributed by atoms with van der Waals surface area (Å²) in [6.07, 6.45) is 6.08. The van der Waals surface area contributed by atoms with Crippen LogP contribution in [-0.2, 0) is 38.0 Å². The van der Waals surface area contributed by atoms with Crippen LogP contribution >= 0.6 is 0 Å². The summed E-state index contributed by atoms with van der Waals surface area (Å²) in [5, 5.41) is 0. The summed E-state index contributed by atoms with van der Waals surface area (Å²) in [6, 6.07) is 0. The van der Waals surface area contributed by atoms with Crippen LogP contribution in [0.4, 0.5) is 0 Å². The molecule has 0 aromatic carbocycles. The Labute approximate surface area is 176 Å². The second kappa shape index (κ2) is 7.73. The number of carbonyl (C=O) groups is 2. The molecule has 168 valence electrons. The van der Waals surface area contributed by atoms with E-state index >= 15 is 0 Å². The SMILES string of the molecule is CC(=O)OC1C(OC(C)=O)C2OC3(CCCCC3)OC2C2OC3(CCCCC3)OC12. The first-order valence-corrected chi connectivity index (χ1v) is 11.5. The topological polar surface area (TPSA) is 89.5 Å². The normalized spacial score (nSPS) is 41.3. The van der Waals surface area contributed by atoms with Crippen molar-refractivity contribution < 1.29 is 38.0 Å². The molecular formula is C22H32O8. The first-order valence-electron chi connectivity index (χ1n) is 11.5. The molecule has 0 radical (unpaired) electrons. The maximum Gasteiger partial charge on any atom is 0.303 e. The summed E-state index contributed by atoms with van der Waals surface area (Å²) in [5.74, 6) is -2.27. The van der Waals surface area contributed by atoms with E-state index < -0.39 is 60.1 Å². The Hall–Kier alpha value is -1.22. The van der Waals surface area contributed by atoms with Gasteiger partial charge in [0.2, 0.25) is 0 Å². The van der Waals surface area contributed by atoms with Crippen LogP contribution in [0.15, 0.2) is 0 Å². The van der Waals surface area contributed by atoms with Gasteiger partial charge in [-0.25, -0.2) is 0 Å². The van der Waals surface area contributed by atoms with Crippen LogP contribution in [0.1, 0.15) is 78.1 Å². The Bertz CT molecular complexity index is 623. The molecule has 0 aromatic rings. The van der Waals surface area contributed by atoms with Gasteiger partial charge in [-0.1, -0.05) is 12.8 Å². The molecule has 2 saturated heterocycles. The van der Waals surface area contributed by atoms with Crippen LogP contribution in [0.5, 0.6) is 0 Å². The van der Waals surface area contributed by atoms with Crippen molar-refractivity contribution in [3.8, 4) is 0 Å². The van der Waals surface area contributed by atoms with Crippen molar-refractivity contribution in [1.82, 2.24) is 0 Å². The number of hydrogen-bond acceptors (Lipinski definition) is 8. The zero-order valence-corrected chi connectivity index (χ0v) is 17.8. The van der Waals surface area contributed by atoms with E-state index in [9.17, 15) is 9.59 Å². The number of carbonyl (C=O) groups excluding carboxylic acids is 2. The predicted molar refractivity (Wildman–Crippen MR) is 102 cm³/mol. The van der Waals surface area contributed by atoms with Crippen molar-refractivity contribution in [3.05, 3.63) is 0 Å². The lowest BCUT2D eigenvalue weighted by Crippen LogP contribution is -2.63. The minimum absolute atomic E-state index is 0.425. The third kappa shape index (κ3) is 3.55. The molecule has 2 spiro atoms. The minimum atomic E-state index is -0.790. The van der Waals surface area contributed by atoms with E-state index in [1.54, 1.807) is 0 Å². The predicted octanol–water partition coefficient (Wildman–Crippen LogP) is 2.75. The summed E-state index contributed by atoms with van der Waals surface area (Å²) in [4.78, 5) is 23.9. The number of fused-ring (bicyclic) bond motifs is 3. The summed E-state index contributed by atoms with van der Waals surface area (Å²) in [5.41, 5.74) is 0. The van der Waals surface area contributed by atoms with Gasteiger partial charge >= 0.3 is 11.9 Å². The van der Waals surface area contributed by atoms with Gasteiger partial charge in [-0.3, -0.25) is 9.59 Å². The van der Waals surface area contributed by atoms with Gasteiger partial charge in [-0.15, -0.1) is 0 Å². The highest BCUT2D eigenvalue weighted by atomic mass is 16.8. The molecule has 8 nitrogen and oxygen atoms in total. The third-order valence-electron chi connectivity index (χ3n) is 7.18. The fourth-order valence-electron chi connectivity index (χ4n) is 6.01. The highest BCUT2D eigenvalue weighted by molar-refractivity contribution is 5.67. The number of esters is 2. The molecule has 2 aliphatic heterocycles. The largest absolute Gasteiger partial charge is 0.456 e. The van der Waals surface area contributed by atoms with Crippen molar-refractivity contribution >= 4 is 11.9 Å². The Morgan fingerprint density at radius 2 is 0.933 bits per heavy atom. The third-order valence-corrected chi connectivity index (χ3v) is 7.18. The smallest absolute Gasteiger partial charge is 0.303 e. The average Bonchev–Trinajstić information content (AvgIpc) is 3.24. The number of hydrogen-bond donors (Lipinski definition) is 0. The number of rotatable bonds is 2. The van der Waals surface area contributed by atoms with Crippen molar-refractivity contribution in [2.75, 3.05) is 0 Å². The number of ether oxygens (including phenoxy) is 6. The van der Waals surface area contributed by atoms with Crippen LogP contribution in [-0.4, -0.2) is 60.1 Å². The highest BCUT2D eigenvalue weighted by Gasteiger charge is 2.68. The Morgan fingerprint density at radius 3 is 1.27 bits per heavy atom. The van der Waals surface area contributed by atoms with Gasteiger partial charge in [-0.2, -0.15) is 0 Å². The van der Waals surface area contributed by atoms with Crippen molar-refractivity contribution in [2.45, 2.75) is 126 Å². The summed E-state index contributed by atoms with van der Waals surface area (Å²) in [6.45, 7) is 2.71. The van der Waals surface area contributed by atoms with Crippen molar-refractivity contribution in [1.29, 1.82) is 0 Å². The second-order valence-corrected chi connectivity index (χ2v) is 9.42. The molecule has 5 aliphatic rings. The molecular weight excluding hydrogens is 392 g/mol. The standard InChI is InChI=1S/C22H32O8/c1-13(23)25-15-16(26-14(2)24)18-20(30-22(28-18)11-7-4-8-12-22)19-17(15)27-21(29-19)9-5-3-6-10-21/h15-20H,3-12H2,1-2H3. The van der Waals surface area contributed by atoms with Gasteiger partial charge in [0.05, 0.1) is 0 Å². The molecule has 2 heterocycles. The summed E-state index contributed by atoms with van der Waals surface area (Å²) < 4.78 is 37.4. The van der Waals surface area contributed by atoms with Gasteiger partial charge in [0.15, 0.2) is 23.8 Å². The monoisotopic (exact) mass is 424 g/mol. The van der Waals surface area contributed by atoms with E-state index in [2.05, 4.69) is 0 Å². The van der Waals surface area contributed by atoms with E-state index in [0.29, 0.717) is 0 Å². The summed E-state index contributed by atoms with van der Waals surface area (Å²) >= 11 is 0. The van der Waals surface area contributed by atoms with Crippen LogP contribution in [0.3, 0.4) is 0 Å². The molecule has 0 N–H and O–H groups in total. The van der Waals surface area contributed by atoms with Crippen LogP contribution in [0.2, 0.25) is 0 Å². The van der Waals surface area contributed by atoms with E-state index in [1.165, 1.54) is 13.8 Å². The molecule has 6 atom stereocenters. The Kier molecular flexibility index (Phi) is 5.32. The van der Waals surface area contributed by atoms with Gasteiger partial charge in [0.25, 0.3) is 0 Å². The zero-order valence-electron chi connectivity index (χ0n) is 17.8. The lowest BCUT2D eigenvalue weighted by molar-refractivity contribution is -0.229. The molecule has 0 aromatic heterocycles. The van der Waals surface area contributed by atoms with E-state index in [0.717, 1.165) is 64.2 Å². The fourth-order valence-corrected chi connectivity index (χ4v) is 6.01. The Morgan fingerprint density at radius 1 is 0.600 bits per heavy atom. The second-order valence-electron chi connectivity index (χ2n) is 9.42. The van der Waals surface area contributed by atoms with E-state index in [-0.39, 0.29) is 0 Å². The lowest BCUT2D eigenvalue weighted by Gasteiger charge is -2.41. The van der Waals surface area contributed by atoms with Gasteiger partial charge in [0.1, 0.15) is 24.4 Å². The first kappa shape index (κ1) is 20.7. The molecule has 0 amide bonds. The molecule has 3 aliphatic carbocycles. The summed E-state index contributed by atoms with van der Waals surface area (Å²) in [7, 11) is 0. The van der Waals surface area contributed by atoms with Gasteiger partial charge in [0, 0.05) is 39.5 Å². The molecule has 8 heteroatoms. The zero-order chi connectivity index (χ0) is 20.9. The fraction of sp³-hybridized carbons (Fsp3) is 0.909. The maximum absolute atomic E-state index is 12.0. The first-order chi connectivity index (χ1) is 14.4. The molecule has 5 fully saturated rings. The lowest BCUT2D eigenvalue weighted by atomic mass is 9.84. The van der Waals surface area contributed by atoms with Crippen LogP contribution < -0.4 is 0 Å². The minimum Gasteiger partial charge on any atom is -0.456 e. The van der Waals surface area contributed by atoms with Gasteiger partial charge in [-0.05, 0) is 25.7 Å². The quantitative estimate of drug-likeness (QED) is 0.625. The molecule has 6 unspecified atom stereocenters. The van der Waals surface area contributed by atoms with Gasteiger partial charge < -0.3 is 28.4 Å². The Balaban J connectivity index is 1.50. The van der Waals surface area contributed by atoms with E-state index in [1.807, 2.05) is 0 Å². The molecule has 30 heavy (non-hydrogen) atoms. The molecule has 3 saturated carbocycles. The molecule has 0 bridgehead atoms. The van der Waals surface area contributed by atoms with E-state index in [4.69, 9.17) is 28.4 Å². The van der Waals surface area contributed by atoms with Crippen molar-refractivity contribution in [2.24, 2.45) is 0 Å². The van der Waals surface area contributed by atoms with Crippen LogP contribution in [0.25, 0.3) is 0 Å². The highest BCUT2D eigenvalue weighted by Crippen LogP contribution is 2.52. The average molecular weight is 424 g/mol. The van der Waals surface area contributed by atoms with Crippen LogP contribution in [0, 0.1) is 0 Å².